The van der Waals surface area contributed by atoms with E-state index in [1.807, 2.05) is 36.5 Å². The summed E-state index contributed by atoms with van der Waals surface area (Å²) in [6.45, 7) is 2.07. The Hall–Kier alpha value is -2.59. The molecule has 3 nitrogen and oxygen atoms in total. The van der Waals surface area contributed by atoms with Gasteiger partial charge in [0.25, 0.3) is 0 Å². The van der Waals surface area contributed by atoms with Crippen LogP contribution in [0.5, 0.6) is 0 Å². The molecule has 3 aromatic heterocycles. The average molecular weight is 303 g/mol. The quantitative estimate of drug-likeness (QED) is 0.537. The van der Waals surface area contributed by atoms with Crippen molar-refractivity contribution in [3.63, 3.8) is 0 Å². The molecule has 4 heteroatoms. The first-order valence-corrected chi connectivity index (χ1v) is 7.92. The fourth-order valence-electron chi connectivity index (χ4n) is 2.31. The van der Waals surface area contributed by atoms with Crippen molar-refractivity contribution >= 4 is 22.4 Å². The maximum atomic E-state index is 4.68. The van der Waals surface area contributed by atoms with Crippen molar-refractivity contribution in [3.05, 3.63) is 65.7 Å². The summed E-state index contributed by atoms with van der Waals surface area (Å²) in [6, 6.07) is 16.4. The van der Waals surface area contributed by atoms with Crippen LogP contribution in [0, 0.1) is 6.92 Å². The zero-order chi connectivity index (χ0) is 14.9. The molecule has 0 fully saturated rings. The number of rotatable bonds is 2. The molecule has 0 saturated heterocycles. The van der Waals surface area contributed by atoms with Crippen molar-refractivity contribution in [1.29, 1.82) is 0 Å². The van der Waals surface area contributed by atoms with E-state index >= 15 is 0 Å². The second-order valence-electron chi connectivity index (χ2n) is 5.15. The van der Waals surface area contributed by atoms with E-state index in [1.54, 1.807) is 11.3 Å². The Balaban J connectivity index is 1.83. The van der Waals surface area contributed by atoms with Crippen LogP contribution in [-0.4, -0.2) is 15.0 Å². The first-order valence-electron chi connectivity index (χ1n) is 7.04. The van der Waals surface area contributed by atoms with Crippen LogP contribution in [-0.2, 0) is 0 Å². The monoisotopic (exact) mass is 303 g/mol. The third-order valence-corrected chi connectivity index (χ3v) is 4.42. The molecule has 4 aromatic rings. The van der Waals surface area contributed by atoms with E-state index in [2.05, 4.69) is 45.5 Å². The van der Waals surface area contributed by atoms with E-state index in [0.717, 1.165) is 27.2 Å². The Bertz CT molecular complexity index is 928. The molecular weight excluding hydrogens is 290 g/mol. The lowest BCUT2D eigenvalue weighted by Gasteiger charge is -2.04. The van der Waals surface area contributed by atoms with Gasteiger partial charge < -0.3 is 0 Å². The van der Waals surface area contributed by atoms with Crippen LogP contribution in [0.3, 0.4) is 0 Å². The van der Waals surface area contributed by atoms with Gasteiger partial charge in [-0.2, -0.15) is 0 Å². The lowest BCUT2D eigenvalue weighted by molar-refractivity contribution is 1.19. The molecule has 0 aliphatic rings. The van der Waals surface area contributed by atoms with Crippen LogP contribution in [0.1, 0.15) is 5.56 Å². The molecule has 0 unspecified atom stereocenters. The van der Waals surface area contributed by atoms with Gasteiger partial charge in [0.05, 0.1) is 10.6 Å². The zero-order valence-electron chi connectivity index (χ0n) is 12.0. The molecule has 0 bridgehead atoms. The Morgan fingerprint density at radius 2 is 1.77 bits per heavy atom. The molecule has 3 heterocycles. The molecular formula is C18H13N3S. The second kappa shape index (κ2) is 5.31. The van der Waals surface area contributed by atoms with Crippen LogP contribution in [0.25, 0.3) is 33.0 Å². The van der Waals surface area contributed by atoms with Gasteiger partial charge in [0.15, 0.2) is 11.5 Å². The number of hydrogen-bond acceptors (Lipinski definition) is 4. The largest absolute Gasteiger partial charge is 0.236 e. The Morgan fingerprint density at radius 3 is 2.55 bits per heavy atom. The molecule has 0 N–H and O–H groups in total. The SMILES string of the molecule is Cc1ccc(-c2ncc3ccc(-c4cccs4)nc3n2)cc1. The fourth-order valence-corrected chi connectivity index (χ4v) is 3.01. The average Bonchev–Trinajstić information content (AvgIpc) is 3.09. The van der Waals surface area contributed by atoms with Gasteiger partial charge in [-0.25, -0.2) is 15.0 Å². The Labute approximate surface area is 132 Å². The summed E-state index contributed by atoms with van der Waals surface area (Å²) in [5.41, 5.74) is 3.92. The number of benzene rings is 1. The van der Waals surface area contributed by atoms with Gasteiger partial charge in [-0.3, -0.25) is 0 Å². The second-order valence-corrected chi connectivity index (χ2v) is 6.09. The van der Waals surface area contributed by atoms with Crippen LogP contribution in [0.4, 0.5) is 0 Å². The Kier molecular flexibility index (Phi) is 3.16. The maximum Gasteiger partial charge on any atom is 0.163 e. The summed E-state index contributed by atoms with van der Waals surface area (Å²) < 4.78 is 0. The van der Waals surface area contributed by atoms with Gasteiger partial charge in [0.1, 0.15) is 0 Å². The van der Waals surface area contributed by atoms with Gasteiger partial charge in [0, 0.05) is 17.1 Å². The van der Waals surface area contributed by atoms with Crippen molar-refractivity contribution in [2.24, 2.45) is 0 Å². The summed E-state index contributed by atoms with van der Waals surface area (Å²) in [7, 11) is 0. The number of pyridine rings is 1. The first-order chi connectivity index (χ1) is 10.8. The highest BCUT2D eigenvalue weighted by atomic mass is 32.1. The molecule has 4 rings (SSSR count). The zero-order valence-corrected chi connectivity index (χ0v) is 12.8. The van der Waals surface area contributed by atoms with Crippen LogP contribution < -0.4 is 0 Å². The van der Waals surface area contributed by atoms with Crippen molar-refractivity contribution in [2.45, 2.75) is 6.92 Å². The third-order valence-electron chi connectivity index (χ3n) is 3.53. The summed E-state index contributed by atoms with van der Waals surface area (Å²) in [5, 5.41) is 3.01. The van der Waals surface area contributed by atoms with Gasteiger partial charge in [-0.1, -0.05) is 35.9 Å². The highest BCUT2D eigenvalue weighted by Gasteiger charge is 2.06. The number of nitrogens with zero attached hydrogens (tertiary/aromatic N) is 3. The number of fused-ring (bicyclic) bond motifs is 1. The lowest BCUT2D eigenvalue weighted by Crippen LogP contribution is -1.93. The number of thiophene rings is 1. The predicted molar refractivity (Wildman–Crippen MR) is 90.8 cm³/mol. The van der Waals surface area contributed by atoms with Gasteiger partial charge in [0.2, 0.25) is 0 Å². The third kappa shape index (κ3) is 2.38. The minimum Gasteiger partial charge on any atom is -0.236 e. The van der Waals surface area contributed by atoms with E-state index in [0.29, 0.717) is 5.82 Å². The van der Waals surface area contributed by atoms with E-state index in [9.17, 15) is 0 Å². The van der Waals surface area contributed by atoms with Gasteiger partial charge >= 0.3 is 0 Å². The van der Waals surface area contributed by atoms with Crippen LogP contribution in [0.15, 0.2) is 60.1 Å². The highest BCUT2D eigenvalue weighted by molar-refractivity contribution is 7.13. The summed E-state index contributed by atoms with van der Waals surface area (Å²) in [5.74, 6) is 0.711. The minimum atomic E-state index is 0.711. The minimum absolute atomic E-state index is 0.711. The van der Waals surface area contributed by atoms with Gasteiger partial charge in [-0.15, -0.1) is 11.3 Å². The van der Waals surface area contributed by atoms with Crippen molar-refractivity contribution in [2.75, 3.05) is 0 Å². The molecule has 0 amide bonds. The molecule has 0 aliphatic carbocycles. The topological polar surface area (TPSA) is 38.7 Å². The van der Waals surface area contributed by atoms with E-state index in [4.69, 9.17) is 0 Å². The molecule has 0 atom stereocenters. The number of aryl methyl sites for hydroxylation is 1. The van der Waals surface area contributed by atoms with Gasteiger partial charge in [-0.05, 0) is 30.5 Å². The molecule has 0 aliphatic heterocycles. The van der Waals surface area contributed by atoms with E-state index in [-0.39, 0.29) is 0 Å². The normalized spacial score (nSPS) is 11.0. The lowest BCUT2D eigenvalue weighted by atomic mass is 10.1. The van der Waals surface area contributed by atoms with E-state index in [1.165, 1.54) is 5.56 Å². The highest BCUT2D eigenvalue weighted by Crippen LogP contribution is 2.25. The summed E-state index contributed by atoms with van der Waals surface area (Å²) in [6.07, 6.45) is 1.84. The Morgan fingerprint density at radius 1 is 0.909 bits per heavy atom. The molecule has 1 aromatic carbocycles. The van der Waals surface area contributed by atoms with Crippen molar-refractivity contribution < 1.29 is 0 Å². The molecule has 22 heavy (non-hydrogen) atoms. The van der Waals surface area contributed by atoms with Crippen LogP contribution in [0.2, 0.25) is 0 Å². The molecule has 0 saturated carbocycles. The summed E-state index contributed by atoms with van der Waals surface area (Å²) in [4.78, 5) is 14.9. The molecule has 0 radical (unpaired) electrons. The standard InChI is InChI=1S/C18H13N3S/c1-12-4-6-13(7-5-12)17-19-11-14-8-9-15(20-18(14)21-17)16-3-2-10-22-16/h2-11H,1H3. The number of aromatic nitrogens is 3. The predicted octanol–water partition coefficient (Wildman–Crippen LogP) is 4.73. The number of hydrogen-bond donors (Lipinski definition) is 0. The van der Waals surface area contributed by atoms with E-state index < -0.39 is 0 Å². The maximum absolute atomic E-state index is 4.68. The summed E-state index contributed by atoms with van der Waals surface area (Å²) >= 11 is 1.68. The molecule has 106 valence electrons. The smallest absolute Gasteiger partial charge is 0.163 e. The van der Waals surface area contributed by atoms with Crippen molar-refractivity contribution in [1.82, 2.24) is 15.0 Å². The first kappa shape index (κ1) is 13.1. The fraction of sp³-hybridized carbons (Fsp3) is 0.0556. The van der Waals surface area contributed by atoms with Crippen molar-refractivity contribution in [3.8, 4) is 22.0 Å². The van der Waals surface area contributed by atoms with Crippen LogP contribution >= 0.6 is 11.3 Å². The molecule has 0 spiro atoms.